The van der Waals surface area contributed by atoms with Crippen molar-refractivity contribution in [3.63, 3.8) is 0 Å². The van der Waals surface area contributed by atoms with Gasteiger partial charge in [0.05, 0.1) is 7.11 Å². The van der Waals surface area contributed by atoms with E-state index in [2.05, 4.69) is 20.6 Å². The number of aromatic nitrogens is 2. The predicted molar refractivity (Wildman–Crippen MR) is 80.5 cm³/mol. The molecule has 116 valence electrons. The third kappa shape index (κ3) is 4.15. The third-order valence-electron chi connectivity index (χ3n) is 2.97. The molecule has 2 rings (SSSR count). The van der Waals surface area contributed by atoms with Crippen LogP contribution >= 0.6 is 0 Å². The summed E-state index contributed by atoms with van der Waals surface area (Å²) in [5.74, 6) is 0.148. The molecule has 0 aliphatic heterocycles. The second-order valence-electron chi connectivity index (χ2n) is 4.57. The molecular formula is C15H17FN4O2. The molecule has 0 fully saturated rings. The summed E-state index contributed by atoms with van der Waals surface area (Å²) in [7, 11) is 1.52. The Labute approximate surface area is 127 Å². The van der Waals surface area contributed by atoms with Crippen molar-refractivity contribution in [1.82, 2.24) is 15.3 Å². The molecule has 0 aliphatic carbocycles. The van der Waals surface area contributed by atoms with Gasteiger partial charge in [0.1, 0.15) is 5.82 Å². The Bertz CT molecular complexity index is 664. The maximum Gasteiger partial charge on any atom is 0.251 e. The zero-order chi connectivity index (χ0) is 15.9. The largest absolute Gasteiger partial charge is 0.481 e. The van der Waals surface area contributed by atoms with Gasteiger partial charge < -0.3 is 15.4 Å². The molecular weight excluding hydrogens is 287 g/mol. The van der Waals surface area contributed by atoms with E-state index in [9.17, 15) is 9.18 Å². The molecule has 0 aliphatic rings. The Morgan fingerprint density at radius 1 is 1.32 bits per heavy atom. The SMILES string of the molecule is COc1ccnc(NCCNC(=O)c2ccc(C)c(F)c2)n1. The van der Waals surface area contributed by atoms with E-state index in [1.165, 1.54) is 13.2 Å². The number of ether oxygens (including phenoxy) is 1. The smallest absolute Gasteiger partial charge is 0.251 e. The molecule has 0 radical (unpaired) electrons. The standard InChI is InChI=1S/C15H17FN4O2/c1-10-3-4-11(9-12(10)16)14(21)17-7-8-19-15-18-6-5-13(20-15)22-2/h3-6,9H,7-8H2,1-2H3,(H,17,21)(H,18,19,20). The molecule has 7 heteroatoms. The first-order valence-electron chi connectivity index (χ1n) is 6.75. The summed E-state index contributed by atoms with van der Waals surface area (Å²) in [6, 6.07) is 6.03. The van der Waals surface area contributed by atoms with Crippen molar-refractivity contribution in [2.75, 3.05) is 25.5 Å². The normalized spacial score (nSPS) is 10.1. The van der Waals surface area contributed by atoms with E-state index in [4.69, 9.17) is 4.74 Å². The number of amides is 1. The molecule has 0 bridgehead atoms. The second-order valence-corrected chi connectivity index (χ2v) is 4.57. The van der Waals surface area contributed by atoms with Crippen LogP contribution in [0.4, 0.5) is 10.3 Å². The molecule has 2 N–H and O–H groups in total. The van der Waals surface area contributed by atoms with Crippen molar-refractivity contribution in [3.05, 3.63) is 47.4 Å². The highest BCUT2D eigenvalue weighted by atomic mass is 19.1. The number of nitrogens with zero attached hydrogens (tertiary/aromatic N) is 2. The molecule has 1 aromatic carbocycles. The molecule has 0 unspecified atom stereocenters. The van der Waals surface area contributed by atoms with Gasteiger partial charge in [0.25, 0.3) is 5.91 Å². The van der Waals surface area contributed by atoms with E-state index in [0.29, 0.717) is 36.0 Å². The quantitative estimate of drug-likeness (QED) is 0.796. The van der Waals surface area contributed by atoms with E-state index in [1.54, 1.807) is 31.3 Å². The van der Waals surface area contributed by atoms with Crippen LogP contribution < -0.4 is 15.4 Å². The lowest BCUT2D eigenvalue weighted by atomic mass is 10.1. The van der Waals surface area contributed by atoms with Crippen molar-refractivity contribution in [2.45, 2.75) is 6.92 Å². The van der Waals surface area contributed by atoms with Gasteiger partial charge in [-0.2, -0.15) is 4.98 Å². The van der Waals surface area contributed by atoms with Gasteiger partial charge in [-0.1, -0.05) is 6.07 Å². The van der Waals surface area contributed by atoms with E-state index in [0.717, 1.165) is 0 Å². The van der Waals surface area contributed by atoms with Crippen LogP contribution in [0.2, 0.25) is 0 Å². The van der Waals surface area contributed by atoms with Crippen molar-refractivity contribution in [3.8, 4) is 5.88 Å². The molecule has 0 saturated heterocycles. The summed E-state index contributed by atoms with van der Waals surface area (Å²) in [6.07, 6.45) is 1.57. The Morgan fingerprint density at radius 3 is 2.86 bits per heavy atom. The topological polar surface area (TPSA) is 76.1 Å². The number of halogens is 1. The predicted octanol–water partition coefficient (Wildman–Crippen LogP) is 1.77. The summed E-state index contributed by atoms with van der Waals surface area (Å²) in [4.78, 5) is 20.0. The van der Waals surface area contributed by atoms with Gasteiger partial charge >= 0.3 is 0 Å². The highest BCUT2D eigenvalue weighted by molar-refractivity contribution is 5.94. The fourth-order valence-corrected chi connectivity index (χ4v) is 1.73. The van der Waals surface area contributed by atoms with E-state index in [1.807, 2.05) is 0 Å². The maximum absolute atomic E-state index is 13.4. The minimum Gasteiger partial charge on any atom is -0.481 e. The van der Waals surface area contributed by atoms with Crippen molar-refractivity contribution in [2.24, 2.45) is 0 Å². The van der Waals surface area contributed by atoms with Gasteiger partial charge in [0.2, 0.25) is 11.8 Å². The first kappa shape index (κ1) is 15.7. The van der Waals surface area contributed by atoms with Crippen LogP contribution in [0.5, 0.6) is 5.88 Å². The van der Waals surface area contributed by atoms with Gasteiger partial charge in [-0.25, -0.2) is 9.37 Å². The van der Waals surface area contributed by atoms with Crippen molar-refractivity contribution in [1.29, 1.82) is 0 Å². The molecule has 1 amide bonds. The van der Waals surface area contributed by atoms with Gasteiger partial charge in [0.15, 0.2) is 0 Å². The number of carbonyl (C=O) groups excluding carboxylic acids is 1. The van der Waals surface area contributed by atoms with Crippen LogP contribution in [0.3, 0.4) is 0 Å². The molecule has 2 aromatic rings. The van der Waals surface area contributed by atoms with E-state index >= 15 is 0 Å². The highest BCUT2D eigenvalue weighted by Crippen LogP contribution is 2.09. The minimum atomic E-state index is -0.393. The fourth-order valence-electron chi connectivity index (χ4n) is 1.73. The van der Waals surface area contributed by atoms with Crippen LogP contribution in [0.15, 0.2) is 30.5 Å². The summed E-state index contributed by atoms with van der Waals surface area (Å²) in [6.45, 7) is 2.44. The molecule has 22 heavy (non-hydrogen) atoms. The summed E-state index contributed by atoms with van der Waals surface area (Å²) in [5, 5.41) is 5.65. The lowest BCUT2D eigenvalue weighted by Crippen LogP contribution is -2.29. The van der Waals surface area contributed by atoms with E-state index < -0.39 is 5.82 Å². The maximum atomic E-state index is 13.4. The number of aryl methyl sites for hydroxylation is 1. The zero-order valence-electron chi connectivity index (χ0n) is 12.4. The minimum absolute atomic E-state index is 0.292. The first-order valence-corrected chi connectivity index (χ1v) is 6.75. The Kier molecular flexibility index (Phi) is 5.24. The Balaban J connectivity index is 1.80. The summed E-state index contributed by atoms with van der Waals surface area (Å²) < 4.78 is 18.4. The number of rotatable bonds is 6. The summed E-state index contributed by atoms with van der Waals surface area (Å²) >= 11 is 0. The lowest BCUT2D eigenvalue weighted by molar-refractivity contribution is 0.0954. The van der Waals surface area contributed by atoms with Gasteiger partial charge in [-0.3, -0.25) is 4.79 Å². The second kappa shape index (κ2) is 7.35. The number of nitrogens with one attached hydrogen (secondary N) is 2. The number of methoxy groups -OCH3 is 1. The van der Waals surface area contributed by atoms with Crippen molar-refractivity contribution >= 4 is 11.9 Å². The van der Waals surface area contributed by atoms with Gasteiger partial charge in [-0.05, 0) is 24.6 Å². The highest BCUT2D eigenvalue weighted by Gasteiger charge is 2.07. The van der Waals surface area contributed by atoms with Gasteiger partial charge in [-0.15, -0.1) is 0 Å². The average molecular weight is 304 g/mol. The van der Waals surface area contributed by atoms with E-state index in [-0.39, 0.29) is 5.91 Å². The first-order chi connectivity index (χ1) is 10.6. The van der Waals surface area contributed by atoms with Crippen LogP contribution in [0.1, 0.15) is 15.9 Å². The molecule has 0 spiro atoms. The number of anilines is 1. The average Bonchev–Trinajstić information content (AvgIpc) is 2.54. The Hall–Kier alpha value is -2.70. The van der Waals surface area contributed by atoms with Crippen LogP contribution in [0, 0.1) is 12.7 Å². The zero-order valence-corrected chi connectivity index (χ0v) is 12.4. The summed E-state index contributed by atoms with van der Waals surface area (Å²) in [5.41, 5.74) is 0.800. The Morgan fingerprint density at radius 2 is 2.14 bits per heavy atom. The number of benzene rings is 1. The van der Waals surface area contributed by atoms with Crippen LogP contribution in [0.25, 0.3) is 0 Å². The lowest BCUT2D eigenvalue weighted by Gasteiger charge is -2.08. The fraction of sp³-hybridized carbons (Fsp3) is 0.267. The monoisotopic (exact) mass is 304 g/mol. The van der Waals surface area contributed by atoms with Gasteiger partial charge in [0, 0.05) is 30.9 Å². The van der Waals surface area contributed by atoms with Crippen LogP contribution in [-0.2, 0) is 0 Å². The van der Waals surface area contributed by atoms with Crippen molar-refractivity contribution < 1.29 is 13.9 Å². The van der Waals surface area contributed by atoms with Crippen LogP contribution in [-0.4, -0.2) is 36.1 Å². The number of hydrogen-bond donors (Lipinski definition) is 2. The molecule has 6 nitrogen and oxygen atoms in total. The molecule has 0 atom stereocenters. The third-order valence-corrected chi connectivity index (χ3v) is 2.97. The number of hydrogen-bond acceptors (Lipinski definition) is 5. The molecule has 1 heterocycles. The number of carbonyl (C=O) groups is 1. The molecule has 0 saturated carbocycles. The molecule has 1 aromatic heterocycles.